The van der Waals surface area contributed by atoms with Crippen LogP contribution in [-0.2, 0) is 14.4 Å². The quantitative estimate of drug-likeness (QED) is 0.349. The van der Waals surface area contributed by atoms with Gasteiger partial charge in [-0.15, -0.1) is 11.8 Å². The molecule has 2 fully saturated rings. The Morgan fingerprint density at radius 1 is 1.41 bits per heavy atom. The van der Waals surface area contributed by atoms with Crippen LogP contribution in [0.25, 0.3) is 0 Å². The van der Waals surface area contributed by atoms with Crippen molar-refractivity contribution >= 4 is 29.5 Å². The van der Waals surface area contributed by atoms with Crippen molar-refractivity contribution in [3.8, 4) is 0 Å². The zero-order valence-corrected chi connectivity index (χ0v) is 19.1. The first-order chi connectivity index (χ1) is 12.1. The molecule has 0 aromatic carbocycles. The number of nitrogens with one attached hydrogen (secondary N) is 1. The molecule has 6 atom stereocenters. The normalized spacial score (nSPS) is 33.3. The molecule has 3 aliphatic rings. The summed E-state index contributed by atoms with van der Waals surface area (Å²) in [6.45, 7) is 4.02. The summed E-state index contributed by atoms with van der Waals surface area (Å²) in [5.74, 6) is -2.51. The van der Waals surface area contributed by atoms with E-state index in [9.17, 15) is 24.6 Å². The number of aliphatic carboxylic acids is 1. The van der Waals surface area contributed by atoms with E-state index in [1.54, 1.807) is 21.0 Å². The van der Waals surface area contributed by atoms with Crippen molar-refractivity contribution in [2.24, 2.45) is 11.8 Å². The predicted molar refractivity (Wildman–Crippen MR) is 93.5 cm³/mol. The van der Waals surface area contributed by atoms with Gasteiger partial charge < -0.3 is 30.1 Å². The molecule has 0 saturated carbocycles. The number of carbonyl (C=O) groups is 3. The molecule has 0 radical (unpaired) electrons. The largest absolute Gasteiger partial charge is 1.00 e. The van der Waals surface area contributed by atoms with Crippen molar-refractivity contribution in [2.75, 3.05) is 20.6 Å². The number of carboxylic acid groups (broad SMARTS) is 1. The van der Waals surface area contributed by atoms with Gasteiger partial charge in [0.05, 0.1) is 35.8 Å². The number of hydrogen-bond donors (Lipinski definition) is 2. The van der Waals surface area contributed by atoms with Gasteiger partial charge in [0.15, 0.2) is 0 Å². The number of β-lactam (4-membered cyclic amide) rings is 1. The molecule has 8 nitrogen and oxygen atoms in total. The van der Waals surface area contributed by atoms with E-state index in [4.69, 9.17) is 0 Å². The van der Waals surface area contributed by atoms with Crippen molar-refractivity contribution in [2.45, 2.75) is 43.7 Å². The molecule has 10 heteroatoms. The Kier molecular flexibility index (Phi) is 7.08. The van der Waals surface area contributed by atoms with Crippen molar-refractivity contribution in [3.05, 3.63) is 10.6 Å². The molecule has 27 heavy (non-hydrogen) atoms. The Bertz CT molecular complexity index is 683. The average Bonchev–Trinajstić information content (AvgIpc) is 3.09. The van der Waals surface area contributed by atoms with E-state index in [2.05, 4.69) is 5.32 Å². The van der Waals surface area contributed by atoms with E-state index in [0.29, 0.717) is 17.9 Å². The maximum Gasteiger partial charge on any atom is 1.00 e. The minimum Gasteiger partial charge on any atom is -0.543 e. The molecule has 0 spiro atoms. The summed E-state index contributed by atoms with van der Waals surface area (Å²) in [7, 11) is 3.40. The van der Waals surface area contributed by atoms with Gasteiger partial charge in [0.1, 0.15) is 0 Å². The van der Waals surface area contributed by atoms with E-state index in [1.807, 2.05) is 6.92 Å². The number of fused-ring (bicyclic) bond motifs is 1. The first-order valence-corrected chi connectivity index (χ1v) is 9.61. The van der Waals surface area contributed by atoms with Gasteiger partial charge in [-0.3, -0.25) is 9.59 Å². The Labute approximate surface area is 185 Å². The van der Waals surface area contributed by atoms with Gasteiger partial charge in [0.25, 0.3) is 0 Å². The molecule has 0 aromatic rings. The maximum atomic E-state index is 12.3. The summed E-state index contributed by atoms with van der Waals surface area (Å²) in [6, 6.07) is -0.624. The zero-order valence-electron chi connectivity index (χ0n) is 16.3. The first-order valence-electron chi connectivity index (χ1n) is 8.73. The Hall–Kier alpha value is -0.580. The second kappa shape index (κ2) is 8.42. The molecule has 0 aromatic heterocycles. The van der Waals surface area contributed by atoms with E-state index in [0.717, 1.165) is 0 Å². The van der Waals surface area contributed by atoms with Crippen LogP contribution in [0.15, 0.2) is 10.6 Å². The molecule has 2 N–H and O–H groups in total. The number of amides is 2. The fourth-order valence-electron chi connectivity index (χ4n) is 4.14. The molecular formula is C17H24N3NaO5S. The Morgan fingerprint density at radius 2 is 2.04 bits per heavy atom. The van der Waals surface area contributed by atoms with Crippen LogP contribution in [0.5, 0.6) is 0 Å². The van der Waals surface area contributed by atoms with Gasteiger partial charge in [-0.25, -0.2) is 0 Å². The van der Waals surface area contributed by atoms with Gasteiger partial charge in [-0.1, -0.05) is 6.92 Å². The predicted octanol–water partition coefficient (Wildman–Crippen LogP) is -4.64. The summed E-state index contributed by atoms with van der Waals surface area (Å²) >= 11 is 1.41. The maximum absolute atomic E-state index is 12.3. The number of aliphatic hydroxyl groups is 1. The van der Waals surface area contributed by atoms with Crippen LogP contribution < -0.4 is 40.0 Å². The van der Waals surface area contributed by atoms with Gasteiger partial charge >= 0.3 is 29.6 Å². The van der Waals surface area contributed by atoms with Crippen LogP contribution in [0.3, 0.4) is 0 Å². The smallest absolute Gasteiger partial charge is 0.543 e. The average molecular weight is 405 g/mol. The van der Waals surface area contributed by atoms with Crippen molar-refractivity contribution in [1.29, 1.82) is 0 Å². The minimum absolute atomic E-state index is 0. The molecule has 0 aliphatic carbocycles. The Morgan fingerprint density at radius 3 is 2.56 bits per heavy atom. The Balaban J connectivity index is 0.00000261. The number of carbonyl (C=O) groups excluding carboxylic acids is 3. The fraction of sp³-hybridized carbons (Fsp3) is 0.706. The SMILES string of the molecule is C[C@H](O)[C@H]1C(=O)N2C(C(=O)[O-])=C(S[C@@H]3CN[C@H](C(=O)N(C)C)C3)[C@H](C)[C@H]12.[Na+]. The number of aliphatic hydroxyl groups excluding tert-OH is 1. The summed E-state index contributed by atoms with van der Waals surface area (Å²) in [6.07, 6.45) is -0.231. The molecular weight excluding hydrogens is 381 g/mol. The van der Waals surface area contributed by atoms with Crippen molar-refractivity contribution in [3.63, 3.8) is 0 Å². The van der Waals surface area contributed by atoms with E-state index in [-0.39, 0.29) is 70.3 Å². The molecule has 3 aliphatic heterocycles. The van der Waals surface area contributed by atoms with Crippen LogP contribution in [0, 0.1) is 11.8 Å². The van der Waals surface area contributed by atoms with Crippen LogP contribution in [-0.4, -0.2) is 76.8 Å². The standard InChI is InChI=1S/C17H25N3O5S.Na/c1-7-12-11(8(2)21)16(23)20(12)13(17(24)25)14(7)26-9-5-10(18-6-9)15(22)19(3)4;/h7-12,18,21H,5-6H2,1-4H3,(H,24,25);/q;+1/p-1/t7-,8+,9+,10+,11-,12-;/m1./s1. The summed E-state index contributed by atoms with van der Waals surface area (Å²) in [4.78, 5) is 39.5. The number of hydrogen-bond acceptors (Lipinski definition) is 7. The summed E-state index contributed by atoms with van der Waals surface area (Å²) in [5, 5.41) is 24.8. The molecule has 3 rings (SSSR count). The van der Waals surface area contributed by atoms with Crippen molar-refractivity contribution in [1.82, 2.24) is 15.1 Å². The first kappa shape index (κ1) is 22.7. The number of nitrogens with zero attached hydrogens (tertiary/aromatic N) is 2. The number of carboxylic acids is 1. The van der Waals surface area contributed by atoms with E-state index in [1.165, 1.54) is 21.6 Å². The minimum atomic E-state index is -1.37. The third-order valence-electron chi connectivity index (χ3n) is 5.42. The molecule has 2 saturated heterocycles. The van der Waals surface area contributed by atoms with Crippen LogP contribution >= 0.6 is 11.8 Å². The van der Waals surface area contributed by atoms with Gasteiger partial charge in [0.2, 0.25) is 11.8 Å². The summed E-state index contributed by atoms with van der Waals surface area (Å²) < 4.78 is 0. The van der Waals surface area contributed by atoms with Crippen LogP contribution in [0.2, 0.25) is 0 Å². The second-order valence-electron chi connectivity index (χ2n) is 7.42. The van der Waals surface area contributed by atoms with Crippen LogP contribution in [0.4, 0.5) is 0 Å². The molecule has 2 amide bonds. The second-order valence-corrected chi connectivity index (χ2v) is 8.77. The number of likely N-dealkylation sites (N-methyl/N-ethyl adjacent to an activating group) is 1. The van der Waals surface area contributed by atoms with Gasteiger partial charge in [-0.05, 0) is 13.3 Å². The number of rotatable bonds is 5. The zero-order chi connectivity index (χ0) is 19.3. The topological polar surface area (TPSA) is 113 Å². The van der Waals surface area contributed by atoms with Crippen molar-refractivity contribution < 1.29 is 54.2 Å². The molecule has 0 unspecified atom stereocenters. The van der Waals surface area contributed by atoms with E-state index < -0.39 is 18.0 Å². The van der Waals surface area contributed by atoms with Crippen LogP contribution in [0.1, 0.15) is 20.3 Å². The van der Waals surface area contributed by atoms with Gasteiger partial charge in [0, 0.05) is 36.7 Å². The van der Waals surface area contributed by atoms with Gasteiger partial charge in [-0.2, -0.15) is 0 Å². The fourth-order valence-corrected chi connectivity index (χ4v) is 5.62. The van der Waals surface area contributed by atoms with E-state index >= 15 is 0 Å². The molecule has 144 valence electrons. The monoisotopic (exact) mass is 405 g/mol. The summed E-state index contributed by atoms with van der Waals surface area (Å²) in [5.41, 5.74) is -0.0724. The number of thioether (sulfide) groups is 1. The third-order valence-corrected chi connectivity index (χ3v) is 6.94. The molecule has 3 heterocycles. The third kappa shape index (κ3) is 3.82. The molecule has 0 bridgehead atoms.